The number of aliphatic hydroxyl groups is 1. The second-order valence-electron chi connectivity index (χ2n) is 6.38. The molecule has 1 aromatic carbocycles. The molecule has 1 aliphatic rings. The van der Waals surface area contributed by atoms with Crippen molar-refractivity contribution in [2.75, 3.05) is 26.8 Å². The van der Waals surface area contributed by atoms with Gasteiger partial charge in [-0.05, 0) is 36.2 Å². The molecular weight excluding hydrogens is 358 g/mol. The molecule has 28 heavy (non-hydrogen) atoms. The minimum absolute atomic E-state index is 0.124. The van der Waals surface area contributed by atoms with E-state index in [0.29, 0.717) is 23.5 Å². The van der Waals surface area contributed by atoms with Crippen molar-refractivity contribution in [3.05, 3.63) is 65.6 Å². The molecule has 0 fully saturated rings. The van der Waals surface area contributed by atoms with Crippen molar-refractivity contribution in [1.29, 1.82) is 0 Å². The Kier molecular flexibility index (Phi) is 6.06. The summed E-state index contributed by atoms with van der Waals surface area (Å²) in [6.07, 6.45) is 3.27. The van der Waals surface area contributed by atoms with Crippen LogP contribution in [0.25, 0.3) is 5.57 Å². The van der Waals surface area contributed by atoms with Crippen LogP contribution < -0.4 is 4.74 Å². The van der Waals surface area contributed by atoms with Crippen molar-refractivity contribution in [2.45, 2.75) is 13.5 Å². The number of amides is 2. The van der Waals surface area contributed by atoms with Gasteiger partial charge in [0.25, 0.3) is 11.8 Å². The molecule has 1 N–H and O–H groups in total. The number of rotatable bonds is 8. The zero-order valence-electron chi connectivity index (χ0n) is 16.0. The molecule has 0 saturated heterocycles. The maximum atomic E-state index is 13.2. The van der Waals surface area contributed by atoms with Crippen LogP contribution in [0, 0.1) is 0 Å². The van der Waals surface area contributed by atoms with Crippen LogP contribution in [0.3, 0.4) is 0 Å². The Hall–Kier alpha value is -3.19. The molecule has 3 rings (SSSR count). The SMILES string of the molecule is CCOc1ccc(C2=C(N(C)CCO)C(=O)N(Cc3cccnc3)C2=O)cc1. The van der Waals surface area contributed by atoms with Gasteiger partial charge in [0.15, 0.2) is 0 Å². The molecule has 0 atom stereocenters. The van der Waals surface area contributed by atoms with Crippen LogP contribution in [-0.2, 0) is 16.1 Å². The topological polar surface area (TPSA) is 83.0 Å². The number of pyridine rings is 1. The second kappa shape index (κ2) is 8.67. The summed E-state index contributed by atoms with van der Waals surface area (Å²) in [5.41, 5.74) is 2.01. The van der Waals surface area contributed by atoms with Gasteiger partial charge in [-0.3, -0.25) is 19.5 Å². The van der Waals surface area contributed by atoms with E-state index in [1.54, 1.807) is 54.7 Å². The van der Waals surface area contributed by atoms with Crippen LogP contribution in [0.4, 0.5) is 0 Å². The molecule has 0 spiro atoms. The molecule has 2 amide bonds. The first-order chi connectivity index (χ1) is 13.6. The Balaban J connectivity index is 1.98. The van der Waals surface area contributed by atoms with E-state index in [1.165, 1.54) is 4.90 Å². The number of hydrogen-bond acceptors (Lipinski definition) is 6. The number of nitrogens with zero attached hydrogens (tertiary/aromatic N) is 3. The fourth-order valence-corrected chi connectivity index (χ4v) is 3.14. The van der Waals surface area contributed by atoms with Crippen molar-refractivity contribution in [2.24, 2.45) is 0 Å². The summed E-state index contributed by atoms with van der Waals surface area (Å²) in [6, 6.07) is 10.7. The van der Waals surface area contributed by atoms with E-state index >= 15 is 0 Å². The number of carbonyl (C=O) groups excluding carboxylic acids is 2. The molecule has 146 valence electrons. The zero-order valence-corrected chi connectivity index (χ0v) is 16.0. The highest BCUT2D eigenvalue weighted by molar-refractivity contribution is 6.35. The van der Waals surface area contributed by atoms with Crippen LogP contribution in [-0.4, -0.2) is 58.5 Å². The summed E-state index contributed by atoms with van der Waals surface area (Å²) >= 11 is 0. The molecule has 0 bridgehead atoms. The molecule has 0 radical (unpaired) electrons. The minimum atomic E-state index is -0.381. The van der Waals surface area contributed by atoms with Gasteiger partial charge in [0.2, 0.25) is 0 Å². The van der Waals surface area contributed by atoms with Gasteiger partial charge in [-0.2, -0.15) is 0 Å². The molecule has 2 aromatic rings. The van der Waals surface area contributed by atoms with Gasteiger partial charge in [0, 0.05) is 26.0 Å². The lowest BCUT2D eigenvalue weighted by Crippen LogP contribution is -2.34. The van der Waals surface area contributed by atoms with E-state index in [-0.39, 0.29) is 37.2 Å². The Morgan fingerprint density at radius 2 is 1.89 bits per heavy atom. The average molecular weight is 381 g/mol. The lowest BCUT2D eigenvalue weighted by atomic mass is 10.0. The Bertz CT molecular complexity index is 878. The Morgan fingerprint density at radius 3 is 2.50 bits per heavy atom. The third kappa shape index (κ3) is 3.89. The lowest BCUT2D eigenvalue weighted by Gasteiger charge is -2.20. The molecule has 0 unspecified atom stereocenters. The van der Waals surface area contributed by atoms with E-state index in [4.69, 9.17) is 4.74 Å². The number of hydrogen-bond donors (Lipinski definition) is 1. The molecule has 0 aliphatic carbocycles. The largest absolute Gasteiger partial charge is 0.494 e. The van der Waals surface area contributed by atoms with Gasteiger partial charge in [0.05, 0.1) is 25.3 Å². The van der Waals surface area contributed by atoms with Crippen molar-refractivity contribution in [3.8, 4) is 5.75 Å². The maximum absolute atomic E-state index is 13.2. The number of likely N-dealkylation sites (N-methyl/N-ethyl adjacent to an activating group) is 1. The van der Waals surface area contributed by atoms with Gasteiger partial charge >= 0.3 is 0 Å². The Morgan fingerprint density at radius 1 is 1.14 bits per heavy atom. The minimum Gasteiger partial charge on any atom is -0.494 e. The number of benzene rings is 1. The normalized spacial score (nSPS) is 14.0. The van der Waals surface area contributed by atoms with Gasteiger partial charge < -0.3 is 14.7 Å². The molecular formula is C21H23N3O4. The predicted molar refractivity (Wildman–Crippen MR) is 104 cm³/mol. The molecule has 2 heterocycles. The van der Waals surface area contributed by atoms with E-state index in [9.17, 15) is 14.7 Å². The maximum Gasteiger partial charge on any atom is 0.278 e. The molecule has 7 nitrogen and oxygen atoms in total. The van der Waals surface area contributed by atoms with Gasteiger partial charge in [-0.25, -0.2) is 0 Å². The summed E-state index contributed by atoms with van der Waals surface area (Å²) < 4.78 is 5.46. The van der Waals surface area contributed by atoms with E-state index in [2.05, 4.69) is 4.98 Å². The average Bonchev–Trinajstić information content (AvgIpc) is 2.95. The van der Waals surface area contributed by atoms with Gasteiger partial charge in [-0.15, -0.1) is 0 Å². The molecule has 1 aromatic heterocycles. The number of ether oxygens (including phenoxy) is 1. The summed E-state index contributed by atoms with van der Waals surface area (Å²) in [5, 5.41) is 9.30. The van der Waals surface area contributed by atoms with Crippen LogP contribution in [0.2, 0.25) is 0 Å². The van der Waals surface area contributed by atoms with Crippen molar-refractivity contribution in [3.63, 3.8) is 0 Å². The number of aliphatic hydroxyl groups excluding tert-OH is 1. The summed E-state index contributed by atoms with van der Waals surface area (Å²) in [4.78, 5) is 33.1. The number of imide groups is 1. The standard InChI is InChI=1S/C21H23N3O4/c1-3-28-17-8-6-16(7-9-17)18-19(23(2)11-12-25)21(27)24(20(18)26)14-15-5-4-10-22-13-15/h4-10,13,25H,3,11-12,14H2,1-2H3. The van der Waals surface area contributed by atoms with Crippen molar-refractivity contribution in [1.82, 2.24) is 14.8 Å². The van der Waals surface area contributed by atoms with Crippen molar-refractivity contribution >= 4 is 17.4 Å². The highest BCUT2D eigenvalue weighted by Crippen LogP contribution is 2.32. The highest BCUT2D eigenvalue weighted by atomic mass is 16.5. The van der Waals surface area contributed by atoms with Crippen LogP contribution in [0.5, 0.6) is 5.75 Å². The third-order valence-electron chi connectivity index (χ3n) is 4.48. The predicted octanol–water partition coefficient (Wildman–Crippen LogP) is 1.68. The fraction of sp³-hybridized carbons (Fsp3) is 0.286. The first kappa shape index (κ1) is 19.6. The number of carbonyl (C=O) groups is 2. The van der Waals surface area contributed by atoms with E-state index < -0.39 is 0 Å². The zero-order chi connectivity index (χ0) is 20.1. The third-order valence-corrected chi connectivity index (χ3v) is 4.48. The summed E-state index contributed by atoms with van der Waals surface area (Å²) in [7, 11) is 1.69. The van der Waals surface area contributed by atoms with Crippen LogP contribution >= 0.6 is 0 Å². The monoisotopic (exact) mass is 381 g/mol. The van der Waals surface area contributed by atoms with E-state index in [0.717, 1.165) is 5.56 Å². The van der Waals surface area contributed by atoms with E-state index in [1.807, 2.05) is 13.0 Å². The number of aromatic nitrogens is 1. The van der Waals surface area contributed by atoms with Crippen molar-refractivity contribution < 1.29 is 19.4 Å². The quantitative estimate of drug-likeness (QED) is 0.701. The smallest absolute Gasteiger partial charge is 0.278 e. The second-order valence-corrected chi connectivity index (χ2v) is 6.38. The summed E-state index contributed by atoms with van der Waals surface area (Å²) in [5.74, 6) is -0.0485. The van der Waals surface area contributed by atoms with Crippen LogP contribution in [0.1, 0.15) is 18.1 Å². The fourth-order valence-electron chi connectivity index (χ4n) is 3.14. The molecule has 7 heteroatoms. The van der Waals surface area contributed by atoms with Gasteiger partial charge in [0.1, 0.15) is 11.4 Å². The summed E-state index contributed by atoms with van der Waals surface area (Å²) in [6.45, 7) is 2.70. The van der Waals surface area contributed by atoms with Gasteiger partial charge in [-0.1, -0.05) is 18.2 Å². The highest BCUT2D eigenvalue weighted by Gasteiger charge is 2.40. The lowest BCUT2D eigenvalue weighted by molar-refractivity contribution is -0.138. The first-order valence-corrected chi connectivity index (χ1v) is 9.11. The molecule has 1 aliphatic heterocycles. The Labute approximate surface area is 163 Å². The molecule has 0 saturated carbocycles. The van der Waals surface area contributed by atoms with Crippen LogP contribution in [0.15, 0.2) is 54.5 Å². The first-order valence-electron chi connectivity index (χ1n) is 9.11.